The molecule has 1 amide bonds. The van der Waals surface area contributed by atoms with E-state index in [4.69, 9.17) is 9.84 Å². The molecular weight excluding hydrogens is 246 g/mol. The minimum Gasteiger partial charge on any atom is -0.480 e. The molecule has 1 aromatic carbocycles. The Balaban J connectivity index is 2.52. The van der Waals surface area contributed by atoms with E-state index in [1.54, 1.807) is 19.9 Å². The van der Waals surface area contributed by atoms with Crippen molar-refractivity contribution in [3.8, 4) is 5.75 Å². The van der Waals surface area contributed by atoms with Gasteiger partial charge in [-0.05, 0) is 38.0 Å². The average Bonchev–Trinajstić information content (AvgIpc) is 2.34. The molecule has 0 aromatic heterocycles. The number of nitrogens with zero attached hydrogens (tertiary/aromatic N) is 1. The van der Waals surface area contributed by atoms with Crippen molar-refractivity contribution in [1.82, 2.24) is 0 Å². The monoisotopic (exact) mass is 263 g/mol. The fraction of sp³-hybridized carbons (Fsp3) is 0.429. The van der Waals surface area contributed by atoms with Crippen LogP contribution in [0.5, 0.6) is 5.75 Å². The van der Waals surface area contributed by atoms with E-state index in [1.807, 2.05) is 19.1 Å². The number of ether oxygens (including phenoxy) is 1. The summed E-state index contributed by atoms with van der Waals surface area (Å²) in [4.78, 5) is 24.5. The molecule has 2 rings (SSSR count). The van der Waals surface area contributed by atoms with Gasteiger partial charge in [0.15, 0.2) is 5.60 Å². The first-order valence-corrected chi connectivity index (χ1v) is 6.21. The minimum atomic E-state index is -1.05. The highest BCUT2D eigenvalue weighted by atomic mass is 16.5. The van der Waals surface area contributed by atoms with Gasteiger partial charge in [0, 0.05) is 0 Å². The van der Waals surface area contributed by atoms with E-state index in [1.165, 1.54) is 4.90 Å². The van der Waals surface area contributed by atoms with Gasteiger partial charge in [-0.3, -0.25) is 14.5 Å². The number of aliphatic carboxylic acids is 1. The number of fused-ring (bicyclic) bond motifs is 1. The van der Waals surface area contributed by atoms with Gasteiger partial charge < -0.3 is 9.84 Å². The lowest BCUT2D eigenvalue weighted by molar-refractivity contribution is -0.139. The Morgan fingerprint density at radius 3 is 2.68 bits per heavy atom. The van der Waals surface area contributed by atoms with Crippen LogP contribution >= 0.6 is 0 Å². The second kappa shape index (κ2) is 4.57. The van der Waals surface area contributed by atoms with Crippen molar-refractivity contribution in [2.24, 2.45) is 0 Å². The molecule has 0 saturated carbocycles. The molecule has 0 unspecified atom stereocenters. The zero-order valence-electron chi connectivity index (χ0n) is 11.3. The van der Waals surface area contributed by atoms with Gasteiger partial charge in [-0.1, -0.05) is 13.0 Å². The fourth-order valence-corrected chi connectivity index (χ4v) is 2.13. The van der Waals surface area contributed by atoms with E-state index in [-0.39, 0.29) is 12.5 Å². The van der Waals surface area contributed by atoms with Gasteiger partial charge in [-0.25, -0.2) is 0 Å². The van der Waals surface area contributed by atoms with Crippen molar-refractivity contribution in [1.29, 1.82) is 0 Å². The number of aryl methyl sites for hydroxylation is 1. The number of benzene rings is 1. The standard InChI is InChI=1S/C14H17NO4/c1-4-9-5-6-11-10(7-9)15(8-12(16)17)13(18)14(2,3)19-11/h5-7H,4,8H2,1-3H3,(H,16,17). The van der Waals surface area contributed by atoms with Crippen LogP contribution in [0.3, 0.4) is 0 Å². The van der Waals surface area contributed by atoms with Crippen LogP contribution in [-0.4, -0.2) is 29.1 Å². The van der Waals surface area contributed by atoms with E-state index >= 15 is 0 Å². The van der Waals surface area contributed by atoms with E-state index in [0.29, 0.717) is 11.4 Å². The Bertz CT molecular complexity index is 536. The van der Waals surface area contributed by atoms with E-state index in [0.717, 1.165) is 12.0 Å². The molecule has 0 saturated heterocycles. The van der Waals surface area contributed by atoms with Crippen molar-refractivity contribution in [2.75, 3.05) is 11.4 Å². The van der Waals surface area contributed by atoms with Crippen molar-refractivity contribution in [2.45, 2.75) is 32.8 Å². The summed E-state index contributed by atoms with van der Waals surface area (Å²) in [5.74, 6) is -0.836. The van der Waals surface area contributed by atoms with Crippen molar-refractivity contribution in [3.63, 3.8) is 0 Å². The lowest BCUT2D eigenvalue weighted by atomic mass is 10.0. The molecule has 0 radical (unpaired) electrons. The third-order valence-electron chi connectivity index (χ3n) is 3.14. The maximum atomic E-state index is 12.3. The molecule has 5 nitrogen and oxygen atoms in total. The summed E-state index contributed by atoms with van der Waals surface area (Å²) in [6, 6.07) is 5.52. The molecule has 19 heavy (non-hydrogen) atoms. The topological polar surface area (TPSA) is 66.8 Å². The number of rotatable bonds is 3. The number of hydrogen-bond acceptors (Lipinski definition) is 3. The molecule has 1 heterocycles. The molecule has 0 atom stereocenters. The van der Waals surface area contributed by atoms with Gasteiger partial charge in [0.25, 0.3) is 5.91 Å². The normalized spacial score (nSPS) is 16.8. The van der Waals surface area contributed by atoms with Crippen LogP contribution in [0.25, 0.3) is 0 Å². The SMILES string of the molecule is CCc1ccc2c(c1)N(CC(=O)O)C(=O)C(C)(C)O2. The summed E-state index contributed by atoms with van der Waals surface area (Å²) < 4.78 is 5.66. The molecule has 0 fully saturated rings. The third kappa shape index (κ3) is 2.41. The van der Waals surface area contributed by atoms with Gasteiger partial charge in [0.1, 0.15) is 12.3 Å². The Hall–Kier alpha value is -2.04. The van der Waals surface area contributed by atoms with E-state index < -0.39 is 11.6 Å². The van der Waals surface area contributed by atoms with Crippen LogP contribution in [-0.2, 0) is 16.0 Å². The molecule has 5 heteroatoms. The quantitative estimate of drug-likeness (QED) is 0.903. The van der Waals surface area contributed by atoms with E-state index in [2.05, 4.69) is 0 Å². The lowest BCUT2D eigenvalue weighted by Gasteiger charge is -2.38. The first-order chi connectivity index (χ1) is 8.85. The number of anilines is 1. The summed E-state index contributed by atoms with van der Waals surface area (Å²) in [7, 11) is 0. The van der Waals surface area contributed by atoms with Crippen LogP contribution in [0.1, 0.15) is 26.3 Å². The first kappa shape index (κ1) is 13.4. The Morgan fingerprint density at radius 2 is 2.11 bits per heavy atom. The predicted octanol–water partition coefficient (Wildman–Crippen LogP) is 1.84. The molecule has 0 spiro atoms. The predicted molar refractivity (Wildman–Crippen MR) is 70.5 cm³/mol. The number of carbonyl (C=O) groups excluding carboxylic acids is 1. The second-order valence-electron chi connectivity index (χ2n) is 5.05. The number of hydrogen-bond donors (Lipinski definition) is 1. The number of carboxylic acid groups (broad SMARTS) is 1. The lowest BCUT2D eigenvalue weighted by Crippen LogP contribution is -2.53. The highest BCUT2D eigenvalue weighted by Crippen LogP contribution is 2.38. The van der Waals surface area contributed by atoms with Crippen molar-refractivity contribution in [3.05, 3.63) is 23.8 Å². The molecule has 0 aliphatic carbocycles. The van der Waals surface area contributed by atoms with E-state index in [9.17, 15) is 9.59 Å². The largest absolute Gasteiger partial charge is 0.480 e. The van der Waals surface area contributed by atoms with Gasteiger partial charge in [-0.2, -0.15) is 0 Å². The third-order valence-corrected chi connectivity index (χ3v) is 3.14. The van der Waals surface area contributed by atoms with Crippen LogP contribution in [0.4, 0.5) is 5.69 Å². The van der Waals surface area contributed by atoms with Crippen LogP contribution in [0.2, 0.25) is 0 Å². The molecular formula is C14H17NO4. The summed E-state index contributed by atoms with van der Waals surface area (Å²) in [5, 5.41) is 8.97. The zero-order chi connectivity index (χ0) is 14.2. The number of carbonyl (C=O) groups is 2. The molecule has 1 N–H and O–H groups in total. The van der Waals surface area contributed by atoms with Crippen molar-refractivity contribution >= 4 is 17.6 Å². The highest BCUT2D eigenvalue weighted by molar-refractivity contribution is 6.05. The zero-order valence-corrected chi connectivity index (χ0v) is 11.3. The summed E-state index contributed by atoms with van der Waals surface area (Å²) in [5.41, 5.74) is 0.521. The molecule has 1 aliphatic heterocycles. The maximum Gasteiger partial charge on any atom is 0.323 e. The summed E-state index contributed by atoms with van der Waals surface area (Å²) >= 11 is 0. The molecule has 0 bridgehead atoms. The number of carboxylic acids is 1. The number of amides is 1. The van der Waals surface area contributed by atoms with Crippen LogP contribution in [0, 0.1) is 0 Å². The molecule has 1 aliphatic rings. The maximum absolute atomic E-state index is 12.3. The summed E-state index contributed by atoms with van der Waals surface area (Å²) in [6.07, 6.45) is 0.811. The van der Waals surface area contributed by atoms with Gasteiger partial charge in [-0.15, -0.1) is 0 Å². The summed E-state index contributed by atoms with van der Waals surface area (Å²) in [6.45, 7) is 4.92. The molecule has 1 aromatic rings. The first-order valence-electron chi connectivity index (χ1n) is 6.21. The van der Waals surface area contributed by atoms with Gasteiger partial charge in [0.2, 0.25) is 0 Å². The average molecular weight is 263 g/mol. The Kier molecular flexibility index (Phi) is 3.22. The van der Waals surface area contributed by atoms with Crippen LogP contribution in [0.15, 0.2) is 18.2 Å². The fourth-order valence-electron chi connectivity index (χ4n) is 2.13. The second-order valence-corrected chi connectivity index (χ2v) is 5.05. The van der Waals surface area contributed by atoms with Gasteiger partial charge >= 0.3 is 5.97 Å². The smallest absolute Gasteiger partial charge is 0.323 e. The minimum absolute atomic E-state index is 0.337. The van der Waals surface area contributed by atoms with Crippen molar-refractivity contribution < 1.29 is 19.4 Å². The Morgan fingerprint density at radius 1 is 1.42 bits per heavy atom. The highest BCUT2D eigenvalue weighted by Gasteiger charge is 2.41. The molecule has 102 valence electrons. The van der Waals surface area contributed by atoms with Crippen LogP contribution < -0.4 is 9.64 Å². The Labute approximate surface area is 111 Å². The van der Waals surface area contributed by atoms with Gasteiger partial charge in [0.05, 0.1) is 5.69 Å².